The van der Waals surface area contributed by atoms with Crippen molar-refractivity contribution in [3.8, 4) is 0 Å². The van der Waals surface area contributed by atoms with Gasteiger partial charge in [0.05, 0.1) is 25.1 Å². The number of nitrogens with one attached hydrogen (secondary N) is 1. The molecule has 6 nitrogen and oxygen atoms in total. The van der Waals surface area contributed by atoms with Crippen LogP contribution in [0, 0.1) is 5.92 Å². The van der Waals surface area contributed by atoms with Crippen LogP contribution < -0.4 is 5.32 Å². The van der Waals surface area contributed by atoms with Gasteiger partial charge in [0.1, 0.15) is 11.8 Å². The van der Waals surface area contributed by atoms with Crippen molar-refractivity contribution in [2.45, 2.75) is 45.9 Å². The molecule has 1 saturated heterocycles. The summed E-state index contributed by atoms with van der Waals surface area (Å²) in [6, 6.07) is 3.27. The molecular formula is C17H28N2O4. The van der Waals surface area contributed by atoms with Crippen molar-refractivity contribution in [3.05, 3.63) is 24.2 Å². The van der Waals surface area contributed by atoms with E-state index >= 15 is 0 Å². The lowest BCUT2D eigenvalue weighted by Gasteiger charge is -2.36. The number of carbonyl (C=O) groups is 1. The quantitative estimate of drug-likeness (QED) is 0.874. The largest absolute Gasteiger partial charge is 0.467 e. The molecule has 0 bridgehead atoms. The molecule has 1 aromatic heterocycles. The van der Waals surface area contributed by atoms with Gasteiger partial charge in [-0.1, -0.05) is 13.8 Å². The highest BCUT2D eigenvalue weighted by Gasteiger charge is 2.28. The molecule has 1 aliphatic heterocycles. The molecule has 23 heavy (non-hydrogen) atoms. The van der Waals surface area contributed by atoms with Gasteiger partial charge in [0, 0.05) is 19.7 Å². The normalized spacial score (nSPS) is 23.1. The van der Waals surface area contributed by atoms with E-state index in [1.807, 2.05) is 26.0 Å². The standard InChI is InChI=1S/C17H28N2O4/c1-12(2)10-21-11-15(16-6-5-7-22-16)18-17(20)19-8-13(3)23-14(4)9-19/h5-7,12-15H,8-11H2,1-4H3,(H,18,20). The fraction of sp³-hybridized carbons (Fsp3) is 0.706. The van der Waals surface area contributed by atoms with Crippen LogP contribution in [-0.4, -0.2) is 49.4 Å². The Hall–Kier alpha value is -1.53. The van der Waals surface area contributed by atoms with Crippen molar-refractivity contribution < 1.29 is 18.7 Å². The summed E-state index contributed by atoms with van der Waals surface area (Å²) >= 11 is 0. The lowest BCUT2D eigenvalue weighted by Crippen LogP contribution is -2.52. The zero-order chi connectivity index (χ0) is 16.8. The van der Waals surface area contributed by atoms with Gasteiger partial charge in [0.25, 0.3) is 0 Å². The average molecular weight is 324 g/mol. The number of morpholine rings is 1. The van der Waals surface area contributed by atoms with Crippen molar-refractivity contribution in [3.63, 3.8) is 0 Å². The van der Waals surface area contributed by atoms with Crippen LogP contribution >= 0.6 is 0 Å². The molecule has 130 valence electrons. The maximum absolute atomic E-state index is 12.6. The van der Waals surface area contributed by atoms with E-state index in [0.29, 0.717) is 38.0 Å². The number of nitrogens with zero attached hydrogens (tertiary/aromatic N) is 1. The Morgan fingerprint density at radius 3 is 2.61 bits per heavy atom. The van der Waals surface area contributed by atoms with Crippen molar-refractivity contribution in [1.29, 1.82) is 0 Å². The Kier molecular flexibility index (Phi) is 6.47. The summed E-state index contributed by atoms with van der Waals surface area (Å²) in [7, 11) is 0. The Morgan fingerprint density at radius 1 is 1.35 bits per heavy atom. The molecule has 1 aromatic rings. The SMILES string of the molecule is CC(C)COCC(NC(=O)N1CC(C)OC(C)C1)c1ccco1. The topological polar surface area (TPSA) is 63.9 Å². The first-order chi connectivity index (χ1) is 11.0. The number of carbonyl (C=O) groups excluding carboxylic acids is 1. The van der Waals surface area contributed by atoms with E-state index in [-0.39, 0.29) is 24.3 Å². The number of rotatable bonds is 6. The van der Waals surface area contributed by atoms with Gasteiger partial charge < -0.3 is 24.1 Å². The average Bonchev–Trinajstić information content (AvgIpc) is 2.98. The van der Waals surface area contributed by atoms with Gasteiger partial charge in [-0.2, -0.15) is 0 Å². The van der Waals surface area contributed by atoms with Gasteiger partial charge in [-0.05, 0) is 31.9 Å². The van der Waals surface area contributed by atoms with Crippen molar-refractivity contribution in [2.75, 3.05) is 26.3 Å². The second kappa shape index (κ2) is 8.36. The second-order valence-corrected chi connectivity index (χ2v) is 6.61. The molecule has 2 amide bonds. The molecule has 1 N–H and O–H groups in total. The lowest BCUT2D eigenvalue weighted by molar-refractivity contribution is -0.0551. The summed E-state index contributed by atoms with van der Waals surface area (Å²) in [5.74, 6) is 1.15. The van der Waals surface area contributed by atoms with Crippen molar-refractivity contribution >= 4 is 6.03 Å². The van der Waals surface area contributed by atoms with Gasteiger partial charge in [-0.15, -0.1) is 0 Å². The van der Waals surface area contributed by atoms with Crippen LogP contribution in [0.25, 0.3) is 0 Å². The van der Waals surface area contributed by atoms with Crippen LogP contribution in [0.4, 0.5) is 4.79 Å². The third-order valence-corrected chi connectivity index (χ3v) is 3.63. The van der Waals surface area contributed by atoms with E-state index in [0.717, 1.165) is 0 Å². The van der Waals surface area contributed by atoms with E-state index in [2.05, 4.69) is 19.2 Å². The van der Waals surface area contributed by atoms with Crippen LogP contribution in [0.1, 0.15) is 39.5 Å². The number of ether oxygens (including phenoxy) is 2. The van der Waals surface area contributed by atoms with E-state index in [9.17, 15) is 4.79 Å². The van der Waals surface area contributed by atoms with E-state index in [1.165, 1.54) is 0 Å². The Morgan fingerprint density at radius 2 is 2.04 bits per heavy atom. The van der Waals surface area contributed by atoms with Crippen LogP contribution in [-0.2, 0) is 9.47 Å². The monoisotopic (exact) mass is 324 g/mol. The highest BCUT2D eigenvalue weighted by atomic mass is 16.5. The van der Waals surface area contributed by atoms with E-state index < -0.39 is 0 Å². The lowest BCUT2D eigenvalue weighted by atomic mass is 10.2. The van der Waals surface area contributed by atoms with Gasteiger partial charge in [0.15, 0.2) is 0 Å². The summed E-state index contributed by atoms with van der Waals surface area (Å²) < 4.78 is 16.8. The van der Waals surface area contributed by atoms with Gasteiger partial charge in [-0.3, -0.25) is 0 Å². The molecular weight excluding hydrogens is 296 g/mol. The summed E-state index contributed by atoms with van der Waals surface area (Å²) in [6.45, 7) is 10.4. The number of hydrogen-bond donors (Lipinski definition) is 1. The first kappa shape index (κ1) is 17.8. The first-order valence-corrected chi connectivity index (χ1v) is 8.27. The molecule has 1 fully saturated rings. The fourth-order valence-corrected chi connectivity index (χ4v) is 2.69. The van der Waals surface area contributed by atoms with Crippen molar-refractivity contribution in [1.82, 2.24) is 10.2 Å². The summed E-state index contributed by atoms with van der Waals surface area (Å²) in [6.07, 6.45) is 1.70. The molecule has 0 spiro atoms. The smallest absolute Gasteiger partial charge is 0.318 e. The second-order valence-electron chi connectivity index (χ2n) is 6.61. The molecule has 2 heterocycles. The highest BCUT2D eigenvalue weighted by molar-refractivity contribution is 5.74. The minimum Gasteiger partial charge on any atom is -0.467 e. The fourth-order valence-electron chi connectivity index (χ4n) is 2.69. The minimum absolute atomic E-state index is 0.0451. The Bertz CT molecular complexity index is 465. The number of furan rings is 1. The van der Waals surface area contributed by atoms with Crippen LogP contribution in [0.5, 0.6) is 0 Å². The summed E-state index contributed by atoms with van der Waals surface area (Å²) in [5, 5.41) is 3.02. The third kappa shape index (κ3) is 5.55. The molecule has 3 atom stereocenters. The van der Waals surface area contributed by atoms with Gasteiger partial charge in [-0.25, -0.2) is 4.79 Å². The minimum atomic E-state index is -0.287. The highest BCUT2D eigenvalue weighted by Crippen LogP contribution is 2.17. The predicted octanol–water partition coefficient (Wildman–Crippen LogP) is 2.81. The van der Waals surface area contributed by atoms with Crippen molar-refractivity contribution in [2.24, 2.45) is 5.92 Å². The summed E-state index contributed by atoms with van der Waals surface area (Å²) in [5.41, 5.74) is 0. The third-order valence-electron chi connectivity index (χ3n) is 3.63. The zero-order valence-corrected chi connectivity index (χ0v) is 14.5. The number of urea groups is 1. The van der Waals surface area contributed by atoms with Crippen LogP contribution in [0.15, 0.2) is 22.8 Å². The van der Waals surface area contributed by atoms with Gasteiger partial charge >= 0.3 is 6.03 Å². The Balaban J connectivity index is 1.95. The molecule has 1 aliphatic rings. The maximum Gasteiger partial charge on any atom is 0.318 e. The summed E-state index contributed by atoms with van der Waals surface area (Å²) in [4.78, 5) is 14.3. The van der Waals surface area contributed by atoms with Crippen LogP contribution in [0.2, 0.25) is 0 Å². The van der Waals surface area contributed by atoms with Crippen LogP contribution in [0.3, 0.4) is 0 Å². The number of amides is 2. The first-order valence-electron chi connectivity index (χ1n) is 8.27. The number of hydrogen-bond acceptors (Lipinski definition) is 4. The molecule has 6 heteroatoms. The molecule has 0 aromatic carbocycles. The molecule has 3 unspecified atom stereocenters. The molecule has 0 aliphatic carbocycles. The molecule has 2 rings (SSSR count). The zero-order valence-electron chi connectivity index (χ0n) is 14.5. The predicted molar refractivity (Wildman–Crippen MR) is 87.2 cm³/mol. The molecule has 0 saturated carbocycles. The van der Waals surface area contributed by atoms with Gasteiger partial charge in [0.2, 0.25) is 0 Å². The van der Waals surface area contributed by atoms with E-state index in [1.54, 1.807) is 11.2 Å². The van der Waals surface area contributed by atoms with E-state index in [4.69, 9.17) is 13.9 Å². The Labute approximate surface area is 138 Å². The maximum atomic E-state index is 12.6. The molecule has 0 radical (unpaired) electrons.